The molecule has 6 unspecified atom stereocenters. The number of aliphatic hydroxyl groups is 2. The minimum atomic E-state index is -1.53. The van der Waals surface area contributed by atoms with E-state index in [0.717, 1.165) is 24.0 Å². The number of hydrogen-bond donors (Lipinski definition) is 2. The number of rotatable bonds is 21. The third kappa shape index (κ3) is 10.2. The van der Waals surface area contributed by atoms with Gasteiger partial charge < -0.3 is 38.9 Å². The Hall–Kier alpha value is -5.55. The molecule has 16 nitrogen and oxygen atoms in total. The maximum absolute atomic E-state index is 13.8. The van der Waals surface area contributed by atoms with Crippen LogP contribution in [0.2, 0.25) is 0 Å². The van der Waals surface area contributed by atoms with E-state index in [1.165, 1.54) is 29.2 Å². The summed E-state index contributed by atoms with van der Waals surface area (Å²) in [7, 11) is 1.60. The molecule has 3 aromatic rings. The molecule has 0 saturated heterocycles. The number of aliphatic hydroxyl groups excluding tert-OH is 2. The predicted octanol–water partition coefficient (Wildman–Crippen LogP) is 8.44. The van der Waals surface area contributed by atoms with Gasteiger partial charge in [0.2, 0.25) is 5.79 Å². The number of oxime groups is 1. The van der Waals surface area contributed by atoms with Crippen molar-refractivity contribution in [3.8, 4) is 17.2 Å². The summed E-state index contributed by atoms with van der Waals surface area (Å²) in [6.45, 7) is 4.01. The van der Waals surface area contributed by atoms with Crippen molar-refractivity contribution < 1.29 is 48.6 Å². The van der Waals surface area contributed by atoms with Crippen molar-refractivity contribution in [1.82, 2.24) is 4.90 Å². The van der Waals surface area contributed by atoms with Crippen LogP contribution in [0.3, 0.4) is 0 Å². The van der Waals surface area contributed by atoms with Gasteiger partial charge in [0, 0.05) is 56.4 Å². The molecule has 1 heterocycles. The Morgan fingerprint density at radius 3 is 2.41 bits per heavy atom. The number of nitrogens with zero attached hydrogens (tertiary/aromatic N) is 4. The van der Waals surface area contributed by atoms with Gasteiger partial charge in [-0.15, -0.1) is 18.2 Å². The van der Waals surface area contributed by atoms with Crippen LogP contribution in [0.15, 0.2) is 96.2 Å². The number of alkyl halides is 1. The minimum Gasteiger partial charge on any atom is -0.459 e. The third-order valence-corrected chi connectivity index (χ3v) is 11.7. The summed E-state index contributed by atoms with van der Waals surface area (Å²) < 4.78 is 25.8. The van der Waals surface area contributed by atoms with Crippen molar-refractivity contribution in [3.05, 3.63) is 122 Å². The molecule has 326 valence electrons. The number of amides is 1. The van der Waals surface area contributed by atoms with Crippen LogP contribution in [0.25, 0.3) is 0 Å². The number of ether oxygens (including phenoxy) is 4. The number of non-ortho nitro benzene ring substituents is 2. The van der Waals surface area contributed by atoms with Crippen molar-refractivity contribution in [1.29, 1.82) is 0 Å². The number of nitro groups is 2. The van der Waals surface area contributed by atoms with Crippen molar-refractivity contribution in [2.45, 2.75) is 69.3 Å². The summed E-state index contributed by atoms with van der Waals surface area (Å²) in [5.74, 6) is -1.38. The van der Waals surface area contributed by atoms with Crippen LogP contribution in [0.4, 0.5) is 16.2 Å². The highest BCUT2D eigenvalue weighted by molar-refractivity contribution is 6.18. The molecule has 61 heavy (non-hydrogen) atoms. The Labute approximate surface area is 358 Å². The summed E-state index contributed by atoms with van der Waals surface area (Å²) in [5, 5.41) is 47.3. The Morgan fingerprint density at radius 2 is 1.72 bits per heavy atom. The first-order valence-corrected chi connectivity index (χ1v) is 20.9. The standard InChI is InChI=1S/C44H51ClN4O12/c1-3-22-58-44-40(47(2)43(52)57-23-19-45)27-38(46-59-28-29-13-15-31(16-14-29)48(53)54)36-24-30(9-4-6-20-50)35(12-5-7-21-51)41(42(36)44)37-26-34(17-18-39(37)61-44)60-33-11-8-10-32(25-33)49(55)56/h3,8,10-11,13-18,24-26,30,35,40-42,50-51H,1,4-7,9,12,19-23,27-28H2,2H3. The molecule has 17 heteroatoms. The summed E-state index contributed by atoms with van der Waals surface area (Å²) in [6, 6.07) is 16.4. The number of carbonyl (C=O) groups is 1. The van der Waals surface area contributed by atoms with Gasteiger partial charge in [0.25, 0.3) is 11.4 Å². The van der Waals surface area contributed by atoms with Gasteiger partial charge in [-0.2, -0.15) is 0 Å². The van der Waals surface area contributed by atoms with Crippen LogP contribution in [0, 0.1) is 38.0 Å². The van der Waals surface area contributed by atoms with E-state index in [4.69, 9.17) is 40.5 Å². The highest BCUT2D eigenvalue weighted by Gasteiger charge is 2.65. The minimum absolute atomic E-state index is 0.000635. The number of nitro benzene ring substituents is 2. The first-order chi connectivity index (χ1) is 29.5. The van der Waals surface area contributed by atoms with Crippen molar-refractivity contribution >= 4 is 34.8 Å². The fourth-order valence-corrected chi connectivity index (χ4v) is 8.92. The van der Waals surface area contributed by atoms with Crippen LogP contribution in [-0.2, 0) is 20.9 Å². The van der Waals surface area contributed by atoms with E-state index in [0.29, 0.717) is 48.5 Å². The molecule has 0 spiro atoms. The Morgan fingerprint density at radius 1 is 1.00 bits per heavy atom. The van der Waals surface area contributed by atoms with Crippen molar-refractivity contribution in [2.75, 3.05) is 39.4 Å². The van der Waals surface area contributed by atoms with Gasteiger partial charge in [-0.25, -0.2) is 4.79 Å². The molecular formula is C44H51ClN4O12. The molecule has 1 aliphatic heterocycles. The monoisotopic (exact) mass is 862 g/mol. The maximum atomic E-state index is 13.8. The molecule has 6 rings (SSSR count). The summed E-state index contributed by atoms with van der Waals surface area (Å²) in [4.78, 5) is 43.1. The number of likely N-dealkylation sites (N-methyl/N-ethyl adjacent to an activating group) is 1. The highest BCUT2D eigenvalue weighted by Crippen LogP contribution is 2.62. The first kappa shape index (κ1) is 45.0. The Kier molecular flexibility index (Phi) is 15.4. The lowest BCUT2D eigenvalue weighted by Gasteiger charge is -2.59. The smallest absolute Gasteiger partial charge is 0.410 e. The number of unbranched alkanes of at least 4 members (excludes halogenated alkanes) is 2. The molecule has 1 amide bonds. The summed E-state index contributed by atoms with van der Waals surface area (Å²) in [6.07, 6.45) is 7.30. The zero-order chi connectivity index (χ0) is 43.5. The predicted molar refractivity (Wildman–Crippen MR) is 226 cm³/mol. The topological polar surface area (TPSA) is 206 Å². The molecule has 3 aromatic carbocycles. The van der Waals surface area contributed by atoms with Crippen LogP contribution in [-0.4, -0.2) is 87.9 Å². The van der Waals surface area contributed by atoms with E-state index in [2.05, 4.69) is 12.7 Å². The first-order valence-electron chi connectivity index (χ1n) is 20.4. The molecule has 0 bridgehead atoms. The number of fused-ring (bicyclic) bond motifs is 2. The lowest BCUT2D eigenvalue weighted by molar-refractivity contribution is -0.385. The van der Waals surface area contributed by atoms with Gasteiger partial charge in [-0.1, -0.05) is 36.2 Å². The highest BCUT2D eigenvalue weighted by atomic mass is 35.5. The molecular weight excluding hydrogens is 812 g/mol. The normalized spacial score (nSPS) is 23.1. The quantitative estimate of drug-likeness (QED) is 0.0340. The zero-order valence-corrected chi connectivity index (χ0v) is 34.7. The van der Waals surface area contributed by atoms with Crippen LogP contribution in [0.5, 0.6) is 17.2 Å². The third-order valence-electron chi connectivity index (χ3n) is 11.5. The number of carbonyl (C=O) groups excluding carboxylic acids is 1. The maximum Gasteiger partial charge on any atom is 0.410 e. The van der Waals surface area contributed by atoms with E-state index in [1.54, 1.807) is 49.5 Å². The zero-order valence-electron chi connectivity index (χ0n) is 33.9. The fourth-order valence-electron chi connectivity index (χ4n) is 8.84. The van der Waals surface area contributed by atoms with Crippen LogP contribution < -0.4 is 9.47 Å². The van der Waals surface area contributed by atoms with Gasteiger partial charge in [0.1, 0.15) is 36.5 Å². The second kappa shape index (κ2) is 20.8. The SMILES string of the molecule is C=CCOC12Oc3ccc(Oc4cccc([N+](=O)[O-])c4)cc3C3C(CCCCO)C(CCCCO)C=C(C(=NOCc4ccc([N+](=O)[O-])cc4)CC1N(C)C(=O)OCCCl)C32. The fraction of sp³-hybridized carbons (Fsp3) is 0.455. The lowest BCUT2D eigenvalue weighted by atomic mass is 9.55. The Balaban J connectivity index is 1.53. The number of benzene rings is 3. The Bertz CT molecular complexity index is 2100. The van der Waals surface area contributed by atoms with E-state index in [1.807, 2.05) is 6.07 Å². The molecule has 1 saturated carbocycles. The molecule has 0 radical (unpaired) electrons. The van der Waals surface area contributed by atoms with E-state index < -0.39 is 33.7 Å². The number of hydrogen-bond acceptors (Lipinski definition) is 13. The van der Waals surface area contributed by atoms with Gasteiger partial charge in [-0.05, 0) is 85.1 Å². The lowest BCUT2D eigenvalue weighted by Crippen LogP contribution is -2.69. The second-order valence-corrected chi connectivity index (χ2v) is 15.6. The number of allylic oxidation sites excluding steroid dienone is 1. The van der Waals surface area contributed by atoms with Gasteiger partial charge in [0.05, 0.1) is 40.0 Å². The van der Waals surface area contributed by atoms with E-state index in [9.17, 15) is 35.2 Å². The molecule has 2 aliphatic carbocycles. The van der Waals surface area contributed by atoms with E-state index >= 15 is 0 Å². The molecule has 1 fully saturated rings. The average Bonchev–Trinajstić information content (AvgIpc) is 3.26. The molecule has 2 N–H and O–H groups in total. The van der Waals surface area contributed by atoms with Gasteiger partial charge in [-0.3, -0.25) is 20.2 Å². The van der Waals surface area contributed by atoms with Gasteiger partial charge >= 0.3 is 6.09 Å². The largest absolute Gasteiger partial charge is 0.459 e. The molecule has 0 aromatic heterocycles. The van der Waals surface area contributed by atoms with Crippen molar-refractivity contribution in [3.63, 3.8) is 0 Å². The van der Waals surface area contributed by atoms with Crippen molar-refractivity contribution in [2.24, 2.45) is 22.9 Å². The summed E-state index contributed by atoms with van der Waals surface area (Å²) >= 11 is 5.93. The summed E-state index contributed by atoms with van der Waals surface area (Å²) in [5.41, 5.74) is 2.59. The second-order valence-electron chi connectivity index (χ2n) is 15.2. The number of halogens is 1. The van der Waals surface area contributed by atoms with Crippen LogP contribution in [0.1, 0.15) is 62.0 Å². The molecule has 6 atom stereocenters. The average molecular weight is 863 g/mol. The van der Waals surface area contributed by atoms with Gasteiger partial charge in [0.15, 0.2) is 0 Å². The molecule has 3 aliphatic rings. The van der Waals surface area contributed by atoms with E-state index in [-0.39, 0.29) is 80.2 Å². The van der Waals surface area contributed by atoms with Crippen LogP contribution >= 0.6 is 11.6 Å².